The number of esters is 1. The van der Waals surface area contributed by atoms with Gasteiger partial charge in [-0.2, -0.15) is 0 Å². The number of amides is 1. The lowest BCUT2D eigenvalue weighted by Gasteiger charge is -2.18. The van der Waals surface area contributed by atoms with E-state index in [0.29, 0.717) is 42.2 Å². The van der Waals surface area contributed by atoms with Gasteiger partial charge in [0.25, 0.3) is 0 Å². The lowest BCUT2D eigenvalue weighted by Crippen LogP contribution is -2.28. The van der Waals surface area contributed by atoms with Gasteiger partial charge in [0.2, 0.25) is 5.91 Å². The van der Waals surface area contributed by atoms with Crippen molar-refractivity contribution in [2.75, 3.05) is 6.61 Å². The molecule has 22 heavy (non-hydrogen) atoms. The number of carbonyl (C=O) groups is 2. The first-order chi connectivity index (χ1) is 10.6. The molecular formula is C17H20ClNO3. The second-order valence-electron chi connectivity index (χ2n) is 5.20. The van der Waals surface area contributed by atoms with Gasteiger partial charge in [-0.05, 0) is 50.3 Å². The fraction of sp³-hybridized carbons (Fsp3) is 0.412. The molecule has 0 saturated carbocycles. The Morgan fingerprint density at radius 1 is 1.23 bits per heavy atom. The first-order valence-corrected chi connectivity index (χ1v) is 7.91. The number of benzene rings is 1. The zero-order chi connectivity index (χ0) is 15.9. The smallest absolute Gasteiger partial charge is 0.334 e. The highest BCUT2D eigenvalue weighted by atomic mass is 35.5. The zero-order valence-electron chi connectivity index (χ0n) is 12.7. The summed E-state index contributed by atoms with van der Waals surface area (Å²) in [7, 11) is 0. The fourth-order valence-electron chi connectivity index (χ4n) is 2.54. The number of nitrogens with one attached hydrogen (secondary N) is 1. The lowest BCUT2D eigenvalue weighted by molar-refractivity contribution is -0.139. The van der Waals surface area contributed by atoms with Crippen LogP contribution < -0.4 is 5.32 Å². The Morgan fingerprint density at radius 3 is 2.64 bits per heavy atom. The van der Waals surface area contributed by atoms with Crippen molar-refractivity contribution in [1.82, 2.24) is 5.32 Å². The maximum atomic E-state index is 12.4. The van der Waals surface area contributed by atoms with Crippen molar-refractivity contribution in [3.63, 3.8) is 0 Å². The van der Waals surface area contributed by atoms with Gasteiger partial charge in [0, 0.05) is 22.7 Å². The Kier molecular flexibility index (Phi) is 6.01. The number of ether oxygens (including phenoxy) is 1. The van der Waals surface area contributed by atoms with E-state index >= 15 is 0 Å². The van der Waals surface area contributed by atoms with Crippen molar-refractivity contribution in [3.05, 3.63) is 46.0 Å². The summed E-state index contributed by atoms with van der Waals surface area (Å²) < 4.78 is 5.05. The summed E-state index contributed by atoms with van der Waals surface area (Å²) in [4.78, 5) is 24.3. The predicted molar refractivity (Wildman–Crippen MR) is 85.4 cm³/mol. The van der Waals surface area contributed by atoms with E-state index in [1.54, 1.807) is 13.0 Å². The standard InChI is InChI=1S/C17H20ClNO3/c1-2-22-17(21)15-9-4-3-8-14(15)16(20)19-11-12-6-5-7-13(18)10-12/h5-7,10H,2-4,8-9,11H2,1H3,(H,19,20). The van der Waals surface area contributed by atoms with Gasteiger partial charge in [-0.15, -0.1) is 0 Å². The highest BCUT2D eigenvalue weighted by Crippen LogP contribution is 2.26. The summed E-state index contributed by atoms with van der Waals surface area (Å²) in [5.41, 5.74) is 2.01. The van der Waals surface area contributed by atoms with Gasteiger partial charge in [-0.1, -0.05) is 23.7 Å². The van der Waals surface area contributed by atoms with Gasteiger partial charge < -0.3 is 10.1 Å². The summed E-state index contributed by atoms with van der Waals surface area (Å²) in [5.74, 6) is -0.558. The molecule has 4 nitrogen and oxygen atoms in total. The van der Waals surface area contributed by atoms with E-state index in [1.165, 1.54) is 0 Å². The van der Waals surface area contributed by atoms with Crippen LogP contribution in [-0.2, 0) is 20.9 Å². The average Bonchev–Trinajstić information content (AvgIpc) is 2.53. The second-order valence-corrected chi connectivity index (χ2v) is 5.63. The Bertz CT molecular complexity index is 595. The molecule has 0 fully saturated rings. The summed E-state index contributed by atoms with van der Waals surface area (Å²) in [6, 6.07) is 7.33. The quantitative estimate of drug-likeness (QED) is 0.846. The number of carbonyl (C=O) groups excluding carboxylic acids is 2. The third-order valence-electron chi connectivity index (χ3n) is 3.61. The first-order valence-electron chi connectivity index (χ1n) is 7.53. The molecule has 0 unspecified atom stereocenters. The van der Waals surface area contributed by atoms with Gasteiger partial charge in [0.05, 0.1) is 6.61 Å². The highest BCUT2D eigenvalue weighted by Gasteiger charge is 2.24. The van der Waals surface area contributed by atoms with Gasteiger partial charge >= 0.3 is 5.97 Å². The minimum atomic E-state index is -0.366. The Balaban J connectivity index is 2.07. The van der Waals surface area contributed by atoms with Crippen LogP contribution in [0.5, 0.6) is 0 Å². The van der Waals surface area contributed by atoms with Crippen LogP contribution in [0.3, 0.4) is 0 Å². The van der Waals surface area contributed by atoms with Crippen LogP contribution in [0.1, 0.15) is 38.2 Å². The number of hydrogen-bond acceptors (Lipinski definition) is 3. The molecule has 5 heteroatoms. The van der Waals surface area contributed by atoms with E-state index in [4.69, 9.17) is 16.3 Å². The van der Waals surface area contributed by atoms with Crippen LogP contribution >= 0.6 is 11.6 Å². The SMILES string of the molecule is CCOC(=O)C1=C(C(=O)NCc2cccc(Cl)c2)CCCC1. The molecule has 1 amide bonds. The maximum Gasteiger partial charge on any atom is 0.334 e. The van der Waals surface area contributed by atoms with E-state index in [2.05, 4.69) is 5.32 Å². The molecule has 0 saturated heterocycles. The summed E-state index contributed by atoms with van der Waals surface area (Å²) in [6.45, 7) is 2.47. The maximum absolute atomic E-state index is 12.4. The van der Waals surface area contributed by atoms with Gasteiger partial charge in [0.15, 0.2) is 0 Å². The molecule has 1 aromatic carbocycles. The molecule has 0 spiro atoms. The molecule has 118 valence electrons. The molecular weight excluding hydrogens is 302 g/mol. The third kappa shape index (κ3) is 4.34. The molecule has 0 radical (unpaired) electrons. The van der Waals surface area contributed by atoms with E-state index < -0.39 is 0 Å². The van der Waals surface area contributed by atoms with Crippen LogP contribution in [-0.4, -0.2) is 18.5 Å². The molecule has 0 heterocycles. The van der Waals surface area contributed by atoms with E-state index in [0.717, 1.165) is 18.4 Å². The Morgan fingerprint density at radius 2 is 1.95 bits per heavy atom. The first kappa shape index (κ1) is 16.6. The molecule has 0 bridgehead atoms. The molecule has 1 N–H and O–H groups in total. The monoisotopic (exact) mass is 321 g/mol. The largest absolute Gasteiger partial charge is 0.463 e. The molecule has 1 aliphatic rings. The van der Waals surface area contributed by atoms with Crippen LogP contribution in [0.25, 0.3) is 0 Å². The third-order valence-corrected chi connectivity index (χ3v) is 3.84. The summed E-state index contributed by atoms with van der Waals surface area (Å²) >= 11 is 5.93. The van der Waals surface area contributed by atoms with Gasteiger partial charge in [0.1, 0.15) is 0 Å². The van der Waals surface area contributed by atoms with E-state index in [9.17, 15) is 9.59 Å². The minimum Gasteiger partial charge on any atom is -0.463 e. The van der Waals surface area contributed by atoms with Crippen molar-refractivity contribution < 1.29 is 14.3 Å². The van der Waals surface area contributed by atoms with Gasteiger partial charge in [-0.3, -0.25) is 4.79 Å². The molecule has 0 aliphatic heterocycles. The van der Waals surface area contributed by atoms with Crippen LogP contribution in [0.15, 0.2) is 35.4 Å². The topological polar surface area (TPSA) is 55.4 Å². The van der Waals surface area contributed by atoms with Crippen molar-refractivity contribution in [2.45, 2.75) is 39.2 Å². The van der Waals surface area contributed by atoms with Crippen molar-refractivity contribution in [2.24, 2.45) is 0 Å². The molecule has 0 atom stereocenters. The average molecular weight is 322 g/mol. The predicted octanol–water partition coefficient (Wildman–Crippen LogP) is 3.39. The summed E-state index contributed by atoms with van der Waals surface area (Å²) in [5, 5.41) is 3.49. The second kappa shape index (κ2) is 7.99. The van der Waals surface area contributed by atoms with E-state index in [-0.39, 0.29) is 11.9 Å². The highest BCUT2D eigenvalue weighted by molar-refractivity contribution is 6.30. The molecule has 1 aliphatic carbocycles. The molecule has 2 rings (SSSR count). The Labute approximate surface area is 135 Å². The number of hydrogen-bond donors (Lipinski definition) is 1. The zero-order valence-corrected chi connectivity index (χ0v) is 13.4. The van der Waals surface area contributed by atoms with Crippen LogP contribution in [0.2, 0.25) is 5.02 Å². The van der Waals surface area contributed by atoms with Crippen molar-refractivity contribution in [1.29, 1.82) is 0 Å². The van der Waals surface area contributed by atoms with Crippen molar-refractivity contribution >= 4 is 23.5 Å². The molecule has 1 aromatic rings. The normalized spacial score (nSPS) is 14.6. The lowest BCUT2D eigenvalue weighted by atomic mass is 9.91. The Hall–Kier alpha value is -1.81. The minimum absolute atomic E-state index is 0.192. The number of halogens is 1. The number of rotatable bonds is 5. The fourth-order valence-corrected chi connectivity index (χ4v) is 2.75. The van der Waals surface area contributed by atoms with Crippen LogP contribution in [0.4, 0.5) is 0 Å². The van der Waals surface area contributed by atoms with E-state index in [1.807, 2.05) is 18.2 Å². The van der Waals surface area contributed by atoms with Gasteiger partial charge in [-0.25, -0.2) is 4.79 Å². The summed E-state index contributed by atoms with van der Waals surface area (Å²) in [6.07, 6.45) is 3.07. The van der Waals surface area contributed by atoms with Crippen molar-refractivity contribution in [3.8, 4) is 0 Å². The molecule has 0 aromatic heterocycles. The van der Waals surface area contributed by atoms with Crippen LogP contribution in [0, 0.1) is 0 Å².